The number of fused-ring (bicyclic) bond motifs is 4. The molecule has 5 aliphatic rings. The van der Waals surface area contributed by atoms with Crippen molar-refractivity contribution < 1.29 is 27.4 Å². The fraction of sp³-hybridized carbons (Fsp3) is 0.643. The minimum atomic E-state index is -3.97. The van der Waals surface area contributed by atoms with E-state index in [1.807, 2.05) is 32.2 Å². The van der Waals surface area contributed by atoms with Crippen molar-refractivity contribution in [2.24, 2.45) is 17.3 Å². The molecular formula is C42H59ClN4O6S. The lowest BCUT2D eigenvalue weighted by Gasteiger charge is -2.59. The highest BCUT2D eigenvalue weighted by Crippen LogP contribution is 2.56. The highest BCUT2D eigenvalue weighted by Gasteiger charge is 2.56. The number of anilines is 1. The Morgan fingerprint density at radius 1 is 1.09 bits per heavy atom. The maximum atomic E-state index is 13.7. The molecule has 296 valence electrons. The molecule has 1 N–H and O–H groups in total. The van der Waals surface area contributed by atoms with Gasteiger partial charge in [0.1, 0.15) is 11.4 Å². The number of allylic oxidation sites excluding steroid dienone is 1. The van der Waals surface area contributed by atoms with Crippen molar-refractivity contribution in [2.75, 3.05) is 78.6 Å². The number of rotatable bonds is 7. The number of amides is 1. The van der Waals surface area contributed by atoms with Crippen LogP contribution in [0.25, 0.3) is 0 Å². The number of sulfonamides is 1. The van der Waals surface area contributed by atoms with Gasteiger partial charge in [0.15, 0.2) is 0 Å². The lowest BCUT2D eigenvalue weighted by atomic mass is 9.54. The average Bonchev–Trinajstić information content (AvgIpc) is 3.26. The summed E-state index contributed by atoms with van der Waals surface area (Å²) in [6.07, 6.45) is 9.95. The molecule has 54 heavy (non-hydrogen) atoms. The van der Waals surface area contributed by atoms with Crippen LogP contribution in [0.2, 0.25) is 5.02 Å². The molecule has 10 nitrogen and oxygen atoms in total. The third-order valence-corrected chi connectivity index (χ3v) is 15.9. The second-order valence-corrected chi connectivity index (χ2v) is 19.8. The van der Waals surface area contributed by atoms with Crippen molar-refractivity contribution in [1.82, 2.24) is 14.5 Å². The highest BCUT2D eigenvalue weighted by molar-refractivity contribution is 7.90. The van der Waals surface area contributed by atoms with Crippen LogP contribution in [-0.4, -0.2) is 115 Å². The number of likely N-dealkylation sites (N-methyl/N-ethyl adjacent to an activating group) is 1. The molecule has 2 aromatic rings. The first-order valence-corrected chi connectivity index (χ1v) is 21.6. The Kier molecular flexibility index (Phi) is 11.2. The number of nitrogens with zero attached hydrogens (tertiary/aromatic N) is 3. The van der Waals surface area contributed by atoms with Crippen LogP contribution < -0.4 is 14.4 Å². The van der Waals surface area contributed by atoms with Gasteiger partial charge in [-0.05, 0) is 111 Å². The van der Waals surface area contributed by atoms with Crippen LogP contribution in [0.1, 0.15) is 74.4 Å². The SMILES string of the molecule is COCCN(C)C1CN(C[C@]2(OC)/C=C/C[C@H](C)[C@@H](C)S(=O)(=O)NC(=O)c3ccc4c(c3)N(CC3(C)CC[C@H]32)C[C@@]2(CCCc3cc(Cl)ccc32)CO4)C1. The molecule has 3 heterocycles. The van der Waals surface area contributed by atoms with Crippen molar-refractivity contribution in [2.45, 2.75) is 81.6 Å². The number of halogens is 1. The van der Waals surface area contributed by atoms with E-state index in [1.165, 1.54) is 11.1 Å². The van der Waals surface area contributed by atoms with E-state index in [0.29, 0.717) is 43.5 Å². The average molecular weight is 783 g/mol. The normalized spacial score (nSPS) is 33.4. The van der Waals surface area contributed by atoms with E-state index in [9.17, 15) is 13.2 Å². The third-order valence-electron chi connectivity index (χ3n) is 13.8. The van der Waals surface area contributed by atoms with Gasteiger partial charge in [0.05, 0.1) is 24.2 Å². The van der Waals surface area contributed by atoms with E-state index < -0.39 is 26.8 Å². The number of aryl methyl sites for hydroxylation is 1. The molecule has 1 amide bonds. The number of hydrogen-bond acceptors (Lipinski definition) is 9. The lowest BCUT2D eigenvalue weighted by molar-refractivity contribution is -0.138. The van der Waals surface area contributed by atoms with Gasteiger partial charge in [-0.15, -0.1) is 0 Å². The Morgan fingerprint density at radius 2 is 1.89 bits per heavy atom. The monoisotopic (exact) mass is 782 g/mol. The smallest absolute Gasteiger partial charge is 0.264 e. The molecule has 7 rings (SSSR count). The Hall–Kier alpha value is -2.67. The summed E-state index contributed by atoms with van der Waals surface area (Å²) in [6, 6.07) is 12.1. The van der Waals surface area contributed by atoms with Crippen LogP contribution in [0.4, 0.5) is 5.69 Å². The van der Waals surface area contributed by atoms with Gasteiger partial charge in [0.25, 0.3) is 5.91 Å². The third kappa shape index (κ3) is 7.45. The fourth-order valence-corrected chi connectivity index (χ4v) is 11.5. The molecule has 1 saturated heterocycles. The van der Waals surface area contributed by atoms with Crippen LogP contribution >= 0.6 is 11.6 Å². The van der Waals surface area contributed by atoms with Crippen LogP contribution in [0.5, 0.6) is 5.75 Å². The number of carbonyl (C=O) groups excluding carboxylic acids is 1. The molecule has 0 aromatic heterocycles. The first-order valence-electron chi connectivity index (χ1n) is 19.7. The standard InChI is InChI=1S/C42H59ClN4O6S/c1-29-9-7-17-42(52-6,27-46-23-34(24-46)45(4)19-20-51-5)38-15-18-40(38,3)25-47-26-41(16-8-10-31-21-33(43)12-13-35(31)41)28-53-37-14-11-32(22-36(37)47)39(48)44-54(49,50)30(29)2/h7,11-14,17,21-22,29-30,34,38H,8-10,15-16,18-20,23-28H2,1-6H3,(H,44,48)/b17-7+/t29-,30+,38+,40?,41-,42+/m0/s1. The zero-order valence-electron chi connectivity index (χ0n) is 32.9. The van der Waals surface area contributed by atoms with Crippen LogP contribution in [-0.2, 0) is 31.3 Å². The Bertz CT molecular complexity index is 1850. The molecule has 1 spiro atoms. The van der Waals surface area contributed by atoms with Gasteiger partial charge >= 0.3 is 0 Å². The van der Waals surface area contributed by atoms with Gasteiger partial charge in [-0.25, -0.2) is 13.1 Å². The van der Waals surface area contributed by atoms with E-state index in [-0.39, 0.29) is 22.7 Å². The molecule has 1 unspecified atom stereocenters. The zero-order chi connectivity index (χ0) is 38.5. The number of carbonyl (C=O) groups is 1. The molecular weight excluding hydrogens is 724 g/mol. The fourth-order valence-electron chi connectivity index (χ4n) is 10.0. The first-order chi connectivity index (χ1) is 25.7. The number of hydrogen-bond donors (Lipinski definition) is 1. The summed E-state index contributed by atoms with van der Waals surface area (Å²) >= 11 is 6.52. The first kappa shape index (κ1) is 39.6. The van der Waals surface area contributed by atoms with Gasteiger partial charge < -0.3 is 19.1 Å². The summed E-state index contributed by atoms with van der Waals surface area (Å²) in [5.41, 5.74) is 2.67. The topological polar surface area (TPSA) is 101 Å². The molecule has 2 bridgehead atoms. The summed E-state index contributed by atoms with van der Waals surface area (Å²) in [6.45, 7) is 12.2. The minimum absolute atomic E-state index is 0.127. The van der Waals surface area contributed by atoms with Crippen molar-refractivity contribution in [1.29, 1.82) is 0 Å². The Balaban J connectivity index is 1.29. The van der Waals surface area contributed by atoms with Crippen LogP contribution in [0.3, 0.4) is 0 Å². The van der Waals surface area contributed by atoms with Gasteiger partial charge in [0, 0.05) is 75.5 Å². The van der Waals surface area contributed by atoms with E-state index in [2.05, 4.69) is 57.7 Å². The van der Waals surface area contributed by atoms with E-state index in [4.69, 9.17) is 25.8 Å². The molecule has 12 heteroatoms. The number of methoxy groups -OCH3 is 2. The van der Waals surface area contributed by atoms with Gasteiger partial charge in [0.2, 0.25) is 10.0 Å². The number of benzene rings is 2. The largest absolute Gasteiger partial charge is 0.490 e. The molecule has 3 aliphatic heterocycles. The quantitative estimate of drug-likeness (QED) is 0.344. The summed E-state index contributed by atoms with van der Waals surface area (Å²) in [7, 11) is 1.79. The number of ether oxygens (including phenoxy) is 3. The summed E-state index contributed by atoms with van der Waals surface area (Å²) in [5, 5.41) is -0.0454. The van der Waals surface area contributed by atoms with E-state index in [0.717, 1.165) is 75.5 Å². The van der Waals surface area contributed by atoms with Crippen LogP contribution in [0, 0.1) is 17.3 Å². The van der Waals surface area contributed by atoms with Gasteiger partial charge in [-0.1, -0.05) is 43.7 Å². The summed E-state index contributed by atoms with van der Waals surface area (Å²) < 4.78 is 48.5. The summed E-state index contributed by atoms with van der Waals surface area (Å²) in [4.78, 5) is 21.0. The number of likely N-dealkylation sites (tertiary alicyclic amines) is 1. The van der Waals surface area contributed by atoms with Crippen molar-refractivity contribution in [3.63, 3.8) is 0 Å². The minimum Gasteiger partial charge on any atom is -0.490 e. The molecule has 1 saturated carbocycles. The molecule has 6 atom stereocenters. The lowest BCUT2D eigenvalue weighted by Crippen LogP contribution is -2.66. The Labute approximate surface area is 327 Å². The summed E-state index contributed by atoms with van der Waals surface area (Å²) in [5.74, 6) is 0.0540. The van der Waals surface area contributed by atoms with Crippen LogP contribution in [0.15, 0.2) is 48.6 Å². The van der Waals surface area contributed by atoms with Gasteiger partial charge in [-0.3, -0.25) is 14.6 Å². The Morgan fingerprint density at radius 3 is 2.61 bits per heavy atom. The van der Waals surface area contributed by atoms with Crippen molar-refractivity contribution in [3.05, 3.63) is 70.3 Å². The molecule has 0 radical (unpaired) electrons. The van der Waals surface area contributed by atoms with Crippen molar-refractivity contribution in [3.8, 4) is 5.75 Å². The highest BCUT2D eigenvalue weighted by atomic mass is 35.5. The second kappa shape index (κ2) is 15.3. The zero-order valence-corrected chi connectivity index (χ0v) is 34.5. The maximum Gasteiger partial charge on any atom is 0.264 e. The second-order valence-electron chi connectivity index (χ2n) is 17.3. The molecule has 2 fully saturated rings. The van der Waals surface area contributed by atoms with E-state index in [1.54, 1.807) is 20.1 Å². The van der Waals surface area contributed by atoms with E-state index >= 15 is 0 Å². The molecule has 2 aliphatic carbocycles. The molecule has 2 aromatic carbocycles. The number of nitrogens with one attached hydrogen (secondary N) is 1. The predicted molar refractivity (Wildman–Crippen MR) is 214 cm³/mol. The predicted octanol–water partition coefficient (Wildman–Crippen LogP) is 5.92. The maximum absolute atomic E-state index is 13.7. The van der Waals surface area contributed by atoms with Gasteiger partial charge in [-0.2, -0.15) is 0 Å². The van der Waals surface area contributed by atoms with Crippen molar-refractivity contribution >= 4 is 33.2 Å².